The van der Waals surface area contributed by atoms with Crippen LogP contribution in [0.1, 0.15) is 11.4 Å². The van der Waals surface area contributed by atoms with E-state index in [9.17, 15) is 9.50 Å². The van der Waals surface area contributed by atoms with Gasteiger partial charge in [0.05, 0.1) is 12.2 Å². The molecule has 94 valence electrons. The van der Waals surface area contributed by atoms with Crippen LogP contribution in [0.4, 0.5) is 10.1 Å². The maximum Gasteiger partial charge on any atom is 0.147 e. The number of rotatable bonds is 3. The Morgan fingerprint density at radius 2 is 2.11 bits per heavy atom. The van der Waals surface area contributed by atoms with Crippen LogP contribution in [-0.4, -0.2) is 10.1 Å². The van der Waals surface area contributed by atoms with E-state index in [0.29, 0.717) is 16.4 Å². The van der Waals surface area contributed by atoms with Crippen LogP contribution < -0.4 is 5.32 Å². The SMILES string of the molecule is Cc1ccc(O)c(CNc2ccc(Cl)cc2F)n1. The van der Waals surface area contributed by atoms with Crippen LogP contribution >= 0.6 is 11.6 Å². The van der Waals surface area contributed by atoms with Crippen LogP contribution in [0.5, 0.6) is 5.75 Å². The maximum atomic E-state index is 13.5. The number of aryl methyl sites for hydroxylation is 1. The van der Waals surface area contributed by atoms with Gasteiger partial charge in [0, 0.05) is 10.7 Å². The second-order valence-corrected chi connectivity index (χ2v) is 4.33. The summed E-state index contributed by atoms with van der Waals surface area (Å²) in [5, 5.41) is 12.8. The molecule has 18 heavy (non-hydrogen) atoms. The molecule has 0 aliphatic carbocycles. The summed E-state index contributed by atoms with van der Waals surface area (Å²) >= 11 is 5.66. The third kappa shape index (κ3) is 2.90. The molecule has 0 amide bonds. The fraction of sp³-hybridized carbons (Fsp3) is 0.154. The molecule has 2 rings (SSSR count). The largest absolute Gasteiger partial charge is 0.506 e. The van der Waals surface area contributed by atoms with Crippen molar-refractivity contribution in [3.63, 3.8) is 0 Å². The maximum absolute atomic E-state index is 13.5. The highest BCUT2D eigenvalue weighted by atomic mass is 35.5. The van der Waals surface area contributed by atoms with Crippen molar-refractivity contribution >= 4 is 17.3 Å². The fourth-order valence-electron chi connectivity index (χ4n) is 1.55. The van der Waals surface area contributed by atoms with E-state index in [1.54, 1.807) is 24.3 Å². The number of hydrogen-bond acceptors (Lipinski definition) is 3. The van der Waals surface area contributed by atoms with E-state index >= 15 is 0 Å². The lowest BCUT2D eigenvalue weighted by Gasteiger charge is -2.09. The number of nitrogens with zero attached hydrogens (tertiary/aromatic N) is 1. The normalized spacial score (nSPS) is 10.4. The molecule has 0 bridgehead atoms. The lowest BCUT2D eigenvalue weighted by atomic mass is 10.2. The number of aromatic hydroxyl groups is 1. The minimum atomic E-state index is -0.436. The summed E-state index contributed by atoms with van der Waals surface area (Å²) in [7, 11) is 0. The third-order valence-electron chi connectivity index (χ3n) is 2.47. The van der Waals surface area contributed by atoms with E-state index in [0.717, 1.165) is 5.69 Å². The quantitative estimate of drug-likeness (QED) is 0.894. The number of hydrogen-bond donors (Lipinski definition) is 2. The highest BCUT2D eigenvalue weighted by molar-refractivity contribution is 6.30. The van der Waals surface area contributed by atoms with Crippen molar-refractivity contribution < 1.29 is 9.50 Å². The van der Waals surface area contributed by atoms with Gasteiger partial charge < -0.3 is 10.4 Å². The van der Waals surface area contributed by atoms with E-state index in [4.69, 9.17) is 11.6 Å². The molecule has 0 saturated carbocycles. The Balaban J connectivity index is 2.13. The van der Waals surface area contributed by atoms with Crippen LogP contribution in [0.15, 0.2) is 30.3 Å². The standard InChI is InChI=1S/C13H12ClFN2O/c1-8-2-5-13(18)12(17-8)7-16-11-4-3-9(14)6-10(11)15/h2-6,16,18H,7H2,1H3. The number of aromatic nitrogens is 1. The van der Waals surface area contributed by atoms with Gasteiger partial charge in [-0.2, -0.15) is 0 Å². The van der Waals surface area contributed by atoms with Gasteiger partial charge in [-0.25, -0.2) is 4.39 Å². The monoisotopic (exact) mass is 266 g/mol. The lowest BCUT2D eigenvalue weighted by molar-refractivity contribution is 0.464. The van der Waals surface area contributed by atoms with Crippen molar-refractivity contribution in [2.45, 2.75) is 13.5 Å². The lowest BCUT2D eigenvalue weighted by Crippen LogP contribution is -2.04. The Morgan fingerprint density at radius 3 is 2.83 bits per heavy atom. The van der Waals surface area contributed by atoms with Gasteiger partial charge in [0.25, 0.3) is 0 Å². The minimum Gasteiger partial charge on any atom is -0.506 e. The van der Waals surface area contributed by atoms with Gasteiger partial charge in [0.15, 0.2) is 0 Å². The van der Waals surface area contributed by atoms with Crippen molar-refractivity contribution in [3.05, 3.63) is 52.6 Å². The first-order valence-corrected chi connectivity index (χ1v) is 5.78. The Labute approximate surface area is 109 Å². The molecule has 3 nitrogen and oxygen atoms in total. The first kappa shape index (κ1) is 12.6. The first-order valence-electron chi connectivity index (χ1n) is 5.40. The van der Waals surface area contributed by atoms with Gasteiger partial charge in [0.2, 0.25) is 0 Å². The number of nitrogens with one attached hydrogen (secondary N) is 1. The molecule has 2 aromatic rings. The smallest absolute Gasteiger partial charge is 0.147 e. The molecule has 1 heterocycles. The Morgan fingerprint density at radius 1 is 1.33 bits per heavy atom. The van der Waals surface area contributed by atoms with E-state index in [1.165, 1.54) is 6.07 Å². The van der Waals surface area contributed by atoms with Crippen LogP contribution in [0, 0.1) is 12.7 Å². The molecule has 0 saturated heterocycles. The van der Waals surface area contributed by atoms with Gasteiger partial charge in [0.1, 0.15) is 17.3 Å². The highest BCUT2D eigenvalue weighted by Crippen LogP contribution is 2.21. The Bertz CT molecular complexity index is 575. The van der Waals surface area contributed by atoms with Crippen molar-refractivity contribution in [1.29, 1.82) is 0 Å². The summed E-state index contributed by atoms with van der Waals surface area (Å²) < 4.78 is 13.5. The van der Waals surface area contributed by atoms with Crippen LogP contribution in [-0.2, 0) is 6.54 Å². The topological polar surface area (TPSA) is 45.1 Å². The summed E-state index contributed by atoms with van der Waals surface area (Å²) in [5.74, 6) is -0.350. The summed E-state index contributed by atoms with van der Waals surface area (Å²) in [5.41, 5.74) is 1.59. The van der Waals surface area contributed by atoms with E-state index in [-0.39, 0.29) is 12.3 Å². The second-order valence-electron chi connectivity index (χ2n) is 3.90. The van der Waals surface area contributed by atoms with Crippen molar-refractivity contribution in [2.75, 3.05) is 5.32 Å². The van der Waals surface area contributed by atoms with Gasteiger partial charge in [-0.1, -0.05) is 11.6 Å². The van der Waals surface area contributed by atoms with E-state index < -0.39 is 5.82 Å². The van der Waals surface area contributed by atoms with Gasteiger partial charge in [-0.15, -0.1) is 0 Å². The fourth-order valence-corrected chi connectivity index (χ4v) is 1.70. The average molecular weight is 267 g/mol. The molecule has 0 aliphatic heterocycles. The van der Waals surface area contributed by atoms with Crippen LogP contribution in [0.25, 0.3) is 0 Å². The minimum absolute atomic E-state index is 0.0856. The Kier molecular flexibility index (Phi) is 3.67. The summed E-state index contributed by atoms with van der Waals surface area (Å²) in [6, 6.07) is 7.65. The molecule has 5 heteroatoms. The molecule has 0 unspecified atom stereocenters. The van der Waals surface area contributed by atoms with Gasteiger partial charge >= 0.3 is 0 Å². The zero-order valence-electron chi connectivity index (χ0n) is 9.74. The Hall–Kier alpha value is -1.81. The van der Waals surface area contributed by atoms with Crippen LogP contribution in [0.3, 0.4) is 0 Å². The predicted octanol–water partition coefficient (Wildman–Crippen LogP) is 3.50. The number of halogens is 2. The van der Waals surface area contributed by atoms with Crippen molar-refractivity contribution in [1.82, 2.24) is 4.98 Å². The van der Waals surface area contributed by atoms with Gasteiger partial charge in [-0.05, 0) is 37.3 Å². The van der Waals surface area contributed by atoms with E-state index in [2.05, 4.69) is 10.3 Å². The molecule has 0 atom stereocenters. The molecule has 0 aliphatic rings. The molecule has 2 N–H and O–H groups in total. The predicted molar refractivity (Wildman–Crippen MR) is 69.4 cm³/mol. The van der Waals surface area contributed by atoms with Crippen LogP contribution in [0.2, 0.25) is 5.02 Å². The van der Waals surface area contributed by atoms with Gasteiger partial charge in [-0.3, -0.25) is 4.98 Å². The second kappa shape index (κ2) is 5.23. The highest BCUT2D eigenvalue weighted by Gasteiger charge is 2.06. The number of pyridine rings is 1. The number of benzene rings is 1. The molecule has 0 radical (unpaired) electrons. The number of anilines is 1. The van der Waals surface area contributed by atoms with E-state index in [1.807, 2.05) is 6.92 Å². The average Bonchev–Trinajstić information content (AvgIpc) is 2.32. The molecule has 0 fully saturated rings. The van der Waals surface area contributed by atoms with Crippen molar-refractivity contribution in [2.24, 2.45) is 0 Å². The first-order chi connectivity index (χ1) is 8.56. The van der Waals surface area contributed by atoms with Crippen molar-refractivity contribution in [3.8, 4) is 5.75 Å². The summed E-state index contributed by atoms with van der Waals surface area (Å²) in [4.78, 5) is 4.17. The molecule has 1 aromatic heterocycles. The summed E-state index contributed by atoms with van der Waals surface area (Å²) in [6.45, 7) is 2.07. The molecular weight excluding hydrogens is 255 g/mol. The zero-order chi connectivity index (χ0) is 13.1. The molecule has 0 spiro atoms. The third-order valence-corrected chi connectivity index (χ3v) is 2.70. The zero-order valence-corrected chi connectivity index (χ0v) is 10.5. The summed E-state index contributed by atoms with van der Waals surface area (Å²) in [6.07, 6.45) is 0. The molecule has 1 aromatic carbocycles. The molecular formula is C13H12ClFN2O.